The van der Waals surface area contributed by atoms with E-state index in [9.17, 15) is 26.7 Å². The third-order valence-corrected chi connectivity index (χ3v) is 2.70. The first-order valence-corrected chi connectivity index (χ1v) is 5.49. The molecule has 3 nitrogen and oxygen atoms in total. The lowest BCUT2D eigenvalue weighted by molar-refractivity contribution is 0.0991. The quantitative estimate of drug-likeness (QED) is 0.378. The maximum atomic E-state index is 13.7. The van der Waals surface area contributed by atoms with Crippen LogP contribution in [0.1, 0.15) is 16.9 Å². The van der Waals surface area contributed by atoms with Crippen LogP contribution < -0.4 is 0 Å². The Balaban J connectivity index is 2.73. The number of hydrogen-bond donors (Lipinski definition) is 0. The molecule has 1 heterocycles. The Kier molecular flexibility index (Phi) is 3.76. The van der Waals surface area contributed by atoms with Gasteiger partial charge in [0.25, 0.3) is 0 Å². The van der Waals surface area contributed by atoms with Crippen LogP contribution in [0.3, 0.4) is 0 Å². The van der Waals surface area contributed by atoms with Gasteiger partial charge in [0.05, 0.1) is 11.8 Å². The highest BCUT2D eigenvalue weighted by atomic mass is 19.2. The summed E-state index contributed by atoms with van der Waals surface area (Å²) >= 11 is 0. The van der Waals surface area contributed by atoms with Crippen LogP contribution in [0, 0.1) is 40.4 Å². The third kappa shape index (κ3) is 2.27. The van der Waals surface area contributed by atoms with Crippen LogP contribution in [0.4, 0.5) is 22.0 Å². The van der Waals surface area contributed by atoms with Crippen LogP contribution in [-0.2, 0) is 0 Å². The number of aromatic nitrogens is 1. The molecule has 0 N–H and O–H groups in total. The Bertz CT molecular complexity index is 747. The van der Waals surface area contributed by atoms with Crippen molar-refractivity contribution < 1.29 is 26.7 Å². The molecule has 2 rings (SSSR count). The van der Waals surface area contributed by atoms with Crippen LogP contribution in [-0.4, -0.2) is 10.4 Å². The second-order valence-electron chi connectivity index (χ2n) is 3.94. The lowest BCUT2D eigenvalue weighted by Gasteiger charge is -2.11. The van der Waals surface area contributed by atoms with Crippen molar-refractivity contribution in [2.45, 2.75) is 6.42 Å². The number of ketones is 1. The van der Waals surface area contributed by atoms with Crippen LogP contribution in [0.15, 0.2) is 18.3 Å². The molecule has 0 aliphatic rings. The minimum atomic E-state index is -2.29. The highest BCUT2D eigenvalue weighted by Gasteiger charge is 2.28. The van der Waals surface area contributed by atoms with Crippen LogP contribution in [0.25, 0.3) is 5.69 Å². The summed E-state index contributed by atoms with van der Waals surface area (Å²) in [6, 6.07) is 3.83. The van der Waals surface area contributed by atoms with E-state index >= 15 is 0 Å². The molecule has 0 aliphatic carbocycles. The maximum Gasteiger partial charge on any atom is 0.200 e. The average Bonchev–Trinajstić information content (AvgIpc) is 2.93. The van der Waals surface area contributed by atoms with E-state index in [0.717, 1.165) is 12.3 Å². The number of nitriles is 1. The number of carbonyl (C=O) groups is 1. The normalized spacial score (nSPS) is 10.5. The summed E-state index contributed by atoms with van der Waals surface area (Å²) in [6.07, 6.45) is 0.363. The summed E-state index contributed by atoms with van der Waals surface area (Å²) in [4.78, 5) is 11.6. The van der Waals surface area contributed by atoms with Gasteiger partial charge in [-0.15, -0.1) is 0 Å². The van der Waals surface area contributed by atoms with Gasteiger partial charge < -0.3 is 4.57 Å². The highest BCUT2D eigenvalue weighted by Crippen LogP contribution is 2.27. The van der Waals surface area contributed by atoms with Crippen molar-refractivity contribution in [1.29, 1.82) is 5.26 Å². The number of hydrogen-bond acceptors (Lipinski definition) is 2. The number of benzene rings is 1. The molecule has 0 amide bonds. The highest BCUT2D eigenvalue weighted by molar-refractivity contribution is 5.96. The van der Waals surface area contributed by atoms with E-state index in [1.54, 1.807) is 0 Å². The molecular weight excluding hydrogens is 295 g/mol. The summed E-state index contributed by atoms with van der Waals surface area (Å²) in [5, 5.41) is 8.43. The van der Waals surface area contributed by atoms with Gasteiger partial charge in [-0.25, -0.2) is 22.0 Å². The van der Waals surface area contributed by atoms with E-state index in [4.69, 9.17) is 5.26 Å². The molecule has 0 fully saturated rings. The molecular formula is C13H5F5N2O. The van der Waals surface area contributed by atoms with E-state index in [0.29, 0.717) is 4.57 Å². The molecule has 1 aromatic heterocycles. The van der Waals surface area contributed by atoms with Gasteiger partial charge in [0.1, 0.15) is 12.1 Å². The van der Waals surface area contributed by atoms with E-state index in [-0.39, 0.29) is 5.69 Å². The predicted molar refractivity (Wildman–Crippen MR) is 60.1 cm³/mol. The molecule has 0 spiro atoms. The topological polar surface area (TPSA) is 45.8 Å². The zero-order chi connectivity index (χ0) is 15.7. The molecule has 2 aromatic rings. The summed E-state index contributed by atoms with van der Waals surface area (Å²) in [5.41, 5.74) is -1.63. The van der Waals surface area contributed by atoms with E-state index in [1.807, 2.05) is 0 Å². The molecule has 8 heteroatoms. The predicted octanol–water partition coefficient (Wildman–Crippen LogP) is 3.27. The Morgan fingerprint density at radius 2 is 1.57 bits per heavy atom. The number of carbonyl (C=O) groups excluding carboxylic acids is 1. The zero-order valence-electron chi connectivity index (χ0n) is 10.1. The fourth-order valence-electron chi connectivity index (χ4n) is 1.77. The van der Waals surface area contributed by atoms with E-state index in [2.05, 4.69) is 0 Å². The zero-order valence-corrected chi connectivity index (χ0v) is 10.1. The van der Waals surface area contributed by atoms with Gasteiger partial charge in [0, 0.05) is 6.20 Å². The molecule has 0 bridgehead atoms. The minimum absolute atomic E-state index is 0.361. The van der Waals surface area contributed by atoms with Gasteiger partial charge >= 0.3 is 0 Å². The molecule has 108 valence electrons. The second-order valence-corrected chi connectivity index (χ2v) is 3.94. The van der Waals surface area contributed by atoms with Crippen molar-refractivity contribution in [3.05, 3.63) is 53.1 Å². The van der Waals surface area contributed by atoms with Crippen molar-refractivity contribution >= 4 is 5.78 Å². The molecule has 0 aliphatic heterocycles. The summed E-state index contributed by atoms with van der Waals surface area (Å²) < 4.78 is 67.2. The van der Waals surface area contributed by atoms with Crippen molar-refractivity contribution in [2.75, 3.05) is 0 Å². The first-order valence-electron chi connectivity index (χ1n) is 5.49. The van der Waals surface area contributed by atoms with E-state index in [1.165, 1.54) is 12.1 Å². The molecule has 1 aromatic carbocycles. The molecule has 0 saturated heterocycles. The third-order valence-electron chi connectivity index (χ3n) is 2.70. The van der Waals surface area contributed by atoms with Crippen LogP contribution in [0.2, 0.25) is 0 Å². The standard InChI is InChI=1S/C13H5F5N2O/c14-8-9(15)11(17)13(12(18)10(8)16)20-5-1-2-6(20)7(21)3-4-19/h1-2,5H,3H2. The molecule has 21 heavy (non-hydrogen) atoms. The summed E-state index contributed by atoms with van der Waals surface area (Å²) in [6.45, 7) is 0. The summed E-state index contributed by atoms with van der Waals surface area (Å²) in [7, 11) is 0. The first kappa shape index (κ1) is 14.7. The second kappa shape index (κ2) is 5.36. The smallest absolute Gasteiger partial charge is 0.200 e. The van der Waals surface area contributed by atoms with Gasteiger partial charge in [-0.2, -0.15) is 5.26 Å². The van der Waals surface area contributed by atoms with Gasteiger partial charge in [0.15, 0.2) is 29.1 Å². The largest absolute Gasteiger partial charge is 0.309 e. The van der Waals surface area contributed by atoms with Crippen molar-refractivity contribution in [1.82, 2.24) is 4.57 Å². The van der Waals surface area contributed by atoms with E-state index < -0.39 is 47.0 Å². The molecule has 0 atom stereocenters. The number of halogens is 5. The Morgan fingerprint density at radius 1 is 1.05 bits per heavy atom. The summed E-state index contributed by atoms with van der Waals surface area (Å²) in [5.74, 6) is -11.5. The van der Waals surface area contributed by atoms with Gasteiger partial charge in [-0.1, -0.05) is 0 Å². The maximum absolute atomic E-state index is 13.7. The fourth-order valence-corrected chi connectivity index (χ4v) is 1.77. The monoisotopic (exact) mass is 300 g/mol. The van der Waals surface area contributed by atoms with Gasteiger partial charge in [-0.3, -0.25) is 4.79 Å². The SMILES string of the molecule is N#CCC(=O)c1cccn1-c1c(F)c(F)c(F)c(F)c1F. The first-order chi connectivity index (χ1) is 9.90. The van der Waals surface area contributed by atoms with Crippen LogP contribution >= 0.6 is 0 Å². The Morgan fingerprint density at radius 3 is 2.10 bits per heavy atom. The lowest BCUT2D eigenvalue weighted by atomic mass is 10.2. The number of rotatable bonds is 3. The molecule has 0 saturated carbocycles. The van der Waals surface area contributed by atoms with Crippen molar-refractivity contribution in [3.63, 3.8) is 0 Å². The number of nitrogens with zero attached hydrogens (tertiary/aromatic N) is 2. The Hall–Kier alpha value is -2.69. The minimum Gasteiger partial charge on any atom is -0.309 e. The number of Topliss-reactive ketones (excluding diaryl/α,β-unsaturated/α-hetero) is 1. The average molecular weight is 300 g/mol. The molecule has 0 radical (unpaired) electrons. The molecule has 0 unspecified atom stereocenters. The van der Waals surface area contributed by atoms with Crippen molar-refractivity contribution in [2.24, 2.45) is 0 Å². The fraction of sp³-hybridized carbons (Fsp3) is 0.0769. The Labute approximate surface area is 114 Å². The van der Waals surface area contributed by atoms with Gasteiger partial charge in [0.2, 0.25) is 5.82 Å². The van der Waals surface area contributed by atoms with Gasteiger partial charge in [-0.05, 0) is 12.1 Å². The lowest BCUT2D eigenvalue weighted by Crippen LogP contribution is -2.13. The van der Waals surface area contributed by atoms with Crippen LogP contribution in [0.5, 0.6) is 0 Å². The van der Waals surface area contributed by atoms with Crippen molar-refractivity contribution in [3.8, 4) is 11.8 Å².